The number of fused-ring (bicyclic) bond motifs is 1. The zero-order valence-electron chi connectivity index (χ0n) is 15.9. The van der Waals surface area contributed by atoms with Gasteiger partial charge in [-0.05, 0) is 35.9 Å². The van der Waals surface area contributed by atoms with Crippen molar-refractivity contribution in [3.8, 4) is 0 Å². The van der Waals surface area contributed by atoms with Gasteiger partial charge in [-0.1, -0.05) is 69.7 Å². The Hall–Kier alpha value is -2.55. The Balaban J connectivity index is 1.84. The summed E-state index contributed by atoms with van der Waals surface area (Å²) in [6.07, 6.45) is 1.11. The van der Waals surface area contributed by atoms with Gasteiger partial charge >= 0.3 is 0 Å². The average Bonchev–Trinajstić information content (AvgIpc) is 3.14. The molecule has 0 radical (unpaired) electrons. The van der Waals surface area contributed by atoms with Gasteiger partial charge in [0.2, 0.25) is 0 Å². The number of carbonyl (C=O) groups excluding carboxylic acids is 1. The van der Waals surface area contributed by atoms with Crippen molar-refractivity contribution < 1.29 is 13.2 Å². The van der Waals surface area contributed by atoms with Crippen LogP contribution in [-0.4, -0.2) is 25.6 Å². The molecule has 0 spiro atoms. The molecule has 0 saturated carbocycles. The number of aromatic nitrogens is 1. The fraction of sp³-hybridized carbons (Fsp3) is 0.0909. The summed E-state index contributed by atoms with van der Waals surface area (Å²) in [5.41, 5.74) is 1.83. The lowest BCUT2D eigenvalue weighted by molar-refractivity contribution is 0.0982. The highest BCUT2D eigenvalue weighted by atomic mass is 79.9. The molecular formula is C22H17BrN2O3S2. The molecule has 0 saturated heterocycles. The second-order valence-electron chi connectivity index (χ2n) is 6.75. The second kappa shape index (κ2) is 8.29. The molecule has 0 aliphatic carbocycles. The minimum Gasteiger partial charge on any atom is -0.279 e. The van der Waals surface area contributed by atoms with Crippen molar-refractivity contribution in [2.75, 3.05) is 11.2 Å². The third-order valence-electron chi connectivity index (χ3n) is 4.52. The van der Waals surface area contributed by atoms with E-state index in [2.05, 4.69) is 20.9 Å². The number of hydrogen-bond acceptors (Lipinski definition) is 5. The minimum atomic E-state index is -3.57. The number of benzene rings is 3. The largest absolute Gasteiger partial charge is 0.279 e. The normalized spacial score (nSPS) is 11.5. The monoisotopic (exact) mass is 500 g/mol. The standard InChI is InChI=1S/C22H17BrN2O3S2/c1-30(27,28)20-10-6-5-9-17(20)21(26)25(14-15-7-3-2-4-8-15)22-24-18-12-11-16(23)13-19(18)29-22/h2-13H,14H2,1H3. The van der Waals surface area contributed by atoms with Crippen LogP contribution in [0, 0.1) is 0 Å². The van der Waals surface area contributed by atoms with Crippen LogP contribution in [0.5, 0.6) is 0 Å². The van der Waals surface area contributed by atoms with Crippen molar-refractivity contribution in [2.45, 2.75) is 11.4 Å². The van der Waals surface area contributed by atoms with Gasteiger partial charge in [-0.3, -0.25) is 9.69 Å². The van der Waals surface area contributed by atoms with E-state index in [0.29, 0.717) is 5.13 Å². The number of carbonyl (C=O) groups is 1. The third-order valence-corrected chi connectivity index (χ3v) is 7.21. The van der Waals surface area contributed by atoms with Crippen LogP contribution in [0.25, 0.3) is 10.2 Å². The Labute approximate surface area is 187 Å². The van der Waals surface area contributed by atoms with Crippen molar-refractivity contribution in [1.29, 1.82) is 0 Å². The summed E-state index contributed by atoms with van der Waals surface area (Å²) in [5.74, 6) is -0.405. The number of nitrogens with zero attached hydrogens (tertiary/aromatic N) is 2. The highest BCUT2D eigenvalue weighted by Crippen LogP contribution is 2.33. The van der Waals surface area contributed by atoms with E-state index in [4.69, 9.17) is 0 Å². The maximum atomic E-state index is 13.6. The predicted octanol–water partition coefficient (Wildman–Crippen LogP) is 5.31. The Kier molecular flexibility index (Phi) is 5.73. The summed E-state index contributed by atoms with van der Waals surface area (Å²) < 4.78 is 26.4. The van der Waals surface area contributed by atoms with Crippen molar-refractivity contribution in [3.63, 3.8) is 0 Å². The zero-order valence-corrected chi connectivity index (χ0v) is 19.2. The molecule has 0 unspecified atom stereocenters. The number of thiazole rings is 1. The van der Waals surface area contributed by atoms with Gasteiger partial charge in [-0.25, -0.2) is 13.4 Å². The highest BCUT2D eigenvalue weighted by Gasteiger charge is 2.26. The van der Waals surface area contributed by atoms with Crippen LogP contribution in [0.1, 0.15) is 15.9 Å². The van der Waals surface area contributed by atoms with Crippen LogP contribution in [0.3, 0.4) is 0 Å². The zero-order chi connectivity index (χ0) is 21.3. The maximum Gasteiger partial charge on any atom is 0.261 e. The molecule has 152 valence electrons. The van der Waals surface area contributed by atoms with E-state index >= 15 is 0 Å². The van der Waals surface area contributed by atoms with Crippen LogP contribution in [0.2, 0.25) is 0 Å². The van der Waals surface area contributed by atoms with E-state index < -0.39 is 15.7 Å². The molecule has 8 heteroatoms. The van der Waals surface area contributed by atoms with Gasteiger partial charge in [0.1, 0.15) is 0 Å². The Morgan fingerprint density at radius 2 is 1.73 bits per heavy atom. The molecule has 1 amide bonds. The summed E-state index contributed by atoms with van der Waals surface area (Å²) in [6.45, 7) is 0.277. The summed E-state index contributed by atoms with van der Waals surface area (Å²) in [5, 5.41) is 0.514. The molecule has 3 aromatic carbocycles. The number of rotatable bonds is 5. The molecule has 4 rings (SSSR count). The first-order chi connectivity index (χ1) is 14.3. The van der Waals surface area contributed by atoms with E-state index in [1.54, 1.807) is 18.2 Å². The quantitative estimate of drug-likeness (QED) is 0.372. The molecule has 0 aliphatic heterocycles. The van der Waals surface area contributed by atoms with E-state index in [1.807, 2.05) is 48.5 Å². The van der Waals surface area contributed by atoms with E-state index in [0.717, 1.165) is 26.5 Å². The third kappa shape index (κ3) is 4.30. The molecule has 30 heavy (non-hydrogen) atoms. The lowest BCUT2D eigenvalue weighted by atomic mass is 10.1. The topological polar surface area (TPSA) is 67.3 Å². The summed E-state index contributed by atoms with van der Waals surface area (Å²) in [6, 6.07) is 21.6. The van der Waals surface area contributed by atoms with Gasteiger partial charge in [0.25, 0.3) is 5.91 Å². The Morgan fingerprint density at radius 1 is 1.03 bits per heavy atom. The molecule has 0 N–H and O–H groups in total. The fourth-order valence-corrected chi connectivity index (χ4v) is 5.50. The van der Waals surface area contributed by atoms with Gasteiger partial charge in [0, 0.05) is 10.7 Å². The van der Waals surface area contributed by atoms with Crippen LogP contribution in [0.15, 0.2) is 82.2 Å². The Bertz CT molecular complexity index is 1340. The summed E-state index contributed by atoms with van der Waals surface area (Å²) in [4.78, 5) is 19.8. The number of amides is 1. The number of sulfone groups is 1. The van der Waals surface area contributed by atoms with Crippen molar-refractivity contribution in [2.24, 2.45) is 0 Å². The van der Waals surface area contributed by atoms with Crippen LogP contribution in [-0.2, 0) is 16.4 Å². The molecule has 5 nitrogen and oxygen atoms in total. The molecule has 4 aromatic rings. The van der Waals surface area contributed by atoms with Gasteiger partial charge in [-0.2, -0.15) is 0 Å². The fourth-order valence-electron chi connectivity index (χ4n) is 3.11. The molecule has 1 heterocycles. The van der Waals surface area contributed by atoms with E-state index in [1.165, 1.54) is 22.3 Å². The molecule has 0 bridgehead atoms. The second-order valence-corrected chi connectivity index (χ2v) is 10.7. The van der Waals surface area contributed by atoms with Gasteiger partial charge < -0.3 is 0 Å². The first-order valence-corrected chi connectivity index (χ1v) is 12.5. The maximum absolute atomic E-state index is 13.6. The van der Waals surface area contributed by atoms with Crippen molar-refractivity contribution in [3.05, 3.63) is 88.4 Å². The molecule has 0 fully saturated rings. The first-order valence-electron chi connectivity index (χ1n) is 9.04. The van der Waals surface area contributed by atoms with E-state index in [9.17, 15) is 13.2 Å². The van der Waals surface area contributed by atoms with Gasteiger partial charge in [0.15, 0.2) is 15.0 Å². The number of halogens is 1. The summed E-state index contributed by atoms with van der Waals surface area (Å²) in [7, 11) is -3.57. The van der Waals surface area contributed by atoms with Crippen molar-refractivity contribution in [1.82, 2.24) is 4.98 Å². The van der Waals surface area contributed by atoms with Crippen molar-refractivity contribution >= 4 is 58.4 Å². The molecule has 0 aliphatic rings. The van der Waals surface area contributed by atoms with Gasteiger partial charge in [-0.15, -0.1) is 0 Å². The minimum absolute atomic E-state index is 0.0110. The average molecular weight is 501 g/mol. The smallest absolute Gasteiger partial charge is 0.261 e. The molecule has 0 atom stereocenters. The van der Waals surface area contributed by atoms with Crippen LogP contribution < -0.4 is 4.90 Å². The molecule has 1 aromatic heterocycles. The summed E-state index contributed by atoms with van der Waals surface area (Å²) >= 11 is 4.85. The SMILES string of the molecule is CS(=O)(=O)c1ccccc1C(=O)N(Cc1ccccc1)c1nc2ccc(Br)cc2s1. The first kappa shape index (κ1) is 20.7. The van der Waals surface area contributed by atoms with Gasteiger partial charge in [0.05, 0.1) is 27.2 Å². The molecular weight excluding hydrogens is 484 g/mol. The Morgan fingerprint density at radius 3 is 2.47 bits per heavy atom. The van der Waals surface area contributed by atoms with Crippen LogP contribution in [0.4, 0.5) is 5.13 Å². The predicted molar refractivity (Wildman–Crippen MR) is 124 cm³/mol. The number of anilines is 1. The number of hydrogen-bond donors (Lipinski definition) is 0. The van der Waals surface area contributed by atoms with E-state index in [-0.39, 0.29) is 17.0 Å². The highest BCUT2D eigenvalue weighted by molar-refractivity contribution is 9.10. The van der Waals surface area contributed by atoms with Crippen LogP contribution >= 0.6 is 27.3 Å². The lowest BCUT2D eigenvalue weighted by Gasteiger charge is -2.21. The lowest BCUT2D eigenvalue weighted by Crippen LogP contribution is -2.31.